The molecule has 0 amide bonds. The third-order valence-corrected chi connectivity index (χ3v) is 2.17. The summed E-state index contributed by atoms with van der Waals surface area (Å²) in [5.41, 5.74) is 0. The Labute approximate surface area is 75.0 Å². The van der Waals surface area contributed by atoms with Gasteiger partial charge in [0.25, 0.3) is 0 Å². The fourth-order valence-corrected chi connectivity index (χ4v) is 1.39. The van der Waals surface area contributed by atoms with Crippen LogP contribution in [0.15, 0.2) is 4.99 Å². The second-order valence-electron chi connectivity index (χ2n) is 3.08. The Morgan fingerprint density at radius 1 is 1.50 bits per heavy atom. The van der Waals surface area contributed by atoms with Crippen LogP contribution in [0.2, 0.25) is 0 Å². The Balaban J connectivity index is 2.28. The van der Waals surface area contributed by atoms with Crippen LogP contribution in [-0.2, 0) is 0 Å². The standard InChI is InChI=1S/C9H19N3/c1-3-5-7-11(4-2)12-8-6-10-9-12/h9H,3-8H2,1-2H3. The highest BCUT2D eigenvalue weighted by atomic mass is 15.6. The normalized spacial score (nSPS) is 16.4. The summed E-state index contributed by atoms with van der Waals surface area (Å²) in [6.45, 7) is 8.71. The number of rotatable bonds is 5. The first-order valence-electron chi connectivity index (χ1n) is 4.90. The van der Waals surface area contributed by atoms with Gasteiger partial charge in [-0.2, -0.15) is 0 Å². The van der Waals surface area contributed by atoms with Crippen molar-refractivity contribution in [1.82, 2.24) is 10.0 Å². The van der Waals surface area contributed by atoms with Crippen LogP contribution < -0.4 is 0 Å². The zero-order valence-corrected chi connectivity index (χ0v) is 8.16. The Morgan fingerprint density at radius 2 is 2.33 bits per heavy atom. The van der Waals surface area contributed by atoms with Crippen molar-refractivity contribution < 1.29 is 0 Å². The van der Waals surface area contributed by atoms with E-state index in [1.807, 2.05) is 6.34 Å². The van der Waals surface area contributed by atoms with E-state index >= 15 is 0 Å². The molecule has 0 radical (unpaired) electrons. The predicted molar refractivity (Wildman–Crippen MR) is 52.2 cm³/mol. The van der Waals surface area contributed by atoms with Crippen molar-refractivity contribution in [3.05, 3.63) is 0 Å². The van der Waals surface area contributed by atoms with Gasteiger partial charge in [-0.05, 0) is 6.42 Å². The number of hydrazine groups is 1. The first-order chi connectivity index (χ1) is 5.88. The monoisotopic (exact) mass is 169 g/mol. The van der Waals surface area contributed by atoms with Gasteiger partial charge in [0.2, 0.25) is 0 Å². The Kier molecular flexibility index (Phi) is 4.08. The van der Waals surface area contributed by atoms with Gasteiger partial charge in [0.15, 0.2) is 0 Å². The molecule has 0 spiro atoms. The van der Waals surface area contributed by atoms with E-state index in [0.717, 1.165) is 19.6 Å². The lowest BCUT2D eigenvalue weighted by molar-refractivity contribution is 0.0651. The highest BCUT2D eigenvalue weighted by molar-refractivity contribution is 5.56. The number of unbranched alkanes of at least 4 members (excludes halogenated alkanes) is 1. The van der Waals surface area contributed by atoms with Crippen LogP contribution in [0.25, 0.3) is 0 Å². The predicted octanol–water partition coefficient (Wildman–Crippen LogP) is 1.37. The largest absolute Gasteiger partial charge is 0.294 e. The van der Waals surface area contributed by atoms with Crippen molar-refractivity contribution >= 4 is 6.34 Å². The molecule has 0 aromatic heterocycles. The lowest BCUT2D eigenvalue weighted by Gasteiger charge is -2.29. The number of aliphatic imine (C=N–C) groups is 1. The highest BCUT2D eigenvalue weighted by Gasteiger charge is 2.12. The SMILES string of the molecule is CCCCN(CC)N1C=NCC1. The molecular weight excluding hydrogens is 150 g/mol. The third-order valence-electron chi connectivity index (χ3n) is 2.17. The average Bonchev–Trinajstić information content (AvgIpc) is 2.59. The highest BCUT2D eigenvalue weighted by Crippen LogP contribution is 2.02. The summed E-state index contributed by atoms with van der Waals surface area (Å²) in [6, 6.07) is 0. The van der Waals surface area contributed by atoms with E-state index in [1.54, 1.807) is 0 Å². The minimum absolute atomic E-state index is 0.961. The van der Waals surface area contributed by atoms with E-state index in [9.17, 15) is 0 Å². The Bertz CT molecular complexity index is 145. The molecule has 12 heavy (non-hydrogen) atoms. The Hall–Kier alpha value is -0.570. The van der Waals surface area contributed by atoms with Crippen LogP contribution in [-0.4, -0.2) is 42.5 Å². The fourth-order valence-electron chi connectivity index (χ4n) is 1.39. The van der Waals surface area contributed by atoms with E-state index in [-0.39, 0.29) is 0 Å². The van der Waals surface area contributed by atoms with Gasteiger partial charge < -0.3 is 0 Å². The van der Waals surface area contributed by atoms with E-state index in [2.05, 4.69) is 28.9 Å². The van der Waals surface area contributed by atoms with E-state index in [0.29, 0.717) is 0 Å². The average molecular weight is 169 g/mol. The van der Waals surface area contributed by atoms with E-state index < -0.39 is 0 Å². The van der Waals surface area contributed by atoms with Crippen LogP contribution in [0.3, 0.4) is 0 Å². The minimum atomic E-state index is 0.961. The molecule has 3 heteroatoms. The maximum Gasteiger partial charge on any atom is 0.0995 e. The second-order valence-corrected chi connectivity index (χ2v) is 3.08. The van der Waals surface area contributed by atoms with Gasteiger partial charge in [-0.25, -0.2) is 5.01 Å². The maximum atomic E-state index is 4.20. The zero-order valence-electron chi connectivity index (χ0n) is 8.16. The molecule has 3 nitrogen and oxygen atoms in total. The molecule has 0 aliphatic carbocycles. The quantitative estimate of drug-likeness (QED) is 0.619. The van der Waals surface area contributed by atoms with Crippen LogP contribution in [0.4, 0.5) is 0 Å². The second kappa shape index (κ2) is 5.14. The first kappa shape index (κ1) is 9.52. The van der Waals surface area contributed by atoms with Gasteiger partial charge in [0, 0.05) is 13.1 Å². The lowest BCUT2D eigenvalue weighted by atomic mass is 10.3. The molecule has 1 heterocycles. The van der Waals surface area contributed by atoms with Gasteiger partial charge in [-0.3, -0.25) is 10.0 Å². The molecule has 1 rings (SSSR count). The van der Waals surface area contributed by atoms with Crippen molar-refractivity contribution in [2.75, 3.05) is 26.2 Å². The number of nitrogens with zero attached hydrogens (tertiary/aromatic N) is 3. The summed E-state index contributed by atoms with van der Waals surface area (Å²) in [4.78, 5) is 4.20. The summed E-state index contributed by atoms with van der Waals surface area (Å²) in [7, 11) is 0. The summed E-state index contributed by atoms with van der Waals surface area (Å²) in [6.07, 6.45) is 4.50. The van der Waals surface area contributed by atoms with E-state index in [1.165, 1.54) is 19.4 Å². The summed E-state index contributed by atoms with van der Waals surface area (Å²) in [5.74, 6) is 0. The summed E-state index contributed by atoms with van der Waals surface area (Å²) < 4.78 is 0. The Morgan fingerprint density at radius 3 is 2.83 bits per heavy atom. The van der Waals surface area contributed by atoms with Crippen LogP contribution in [0.1, 0.15) is 26.7 Å². The maximum absolute atomic E-state index is 4.20. The van der Waals surface area contributed by atoms with Crippen molar-refractivity contribution in [2.24, 2.45) is 4.99 Å². The molecular formula is C9H19N3. The smallest absolute Gasteiger partial charge is 0.0995 e. The number of hydrogen-bond donors (Lipinski definition) is 0. The molecule has 0 N–H and O–H groups in total. The molecule has 70 valence electrons. The van der Waals surface area contributed by atoms with Gasteiger partial charge in [0.1, 0.15) is 0 Å². The molecule has 1 aliphatic heterocycles. The molecule has 0 saturated carbocycles. The van der Waals surface area contributed by atoms with Gasteiger partial charge >= 0.3 is 0 Å². The van der Waals surface area contributed by atoms with Crippen molar-refractivity contribution in [2.45, 2.75) is 26.7 Å². The minimum Gasteiger partial charge on any atom is -0.294 e. The molecule has 0 saturated heterocycles. The van der Waals surface area contributed by atoms with Gasteiger partial charge in [-0.15, -0.1) is 0 Å². The van der Waals surface area contributed by atoms with Crippen molar-refractivity contribution in [3.63, 3.8) is 0 Å². The zero-order chi connectivity index (χ0) is 8.81. The molecule has 0 bridgehead atoms. The van der Waals surface area contributed by atoms with Crippen molar-refractivity contribution in [1.29, 1.82) is 0 Å². The summed E-state index contributed by atoms with van der Waals surface area (Å²) in [5, 5.41) is 4.59. The molecule has 0 atom stereocenters. The molecule has 0 aromatic rings. The van der Waals surface area contributed by atoms with Crippen LogP contribution in [0.5, 0.6) is 0 Å². The molecule has 0 fully saturated rings. The van der Waals surface area contributed by atoms with E-state index in [4.69, 9.17) is 0 Å². The van der Waals surface area contributed by atoms with Crippen molar-refractivity contribution in [3.8, 4) is 0 Å². The first-order valence-corrected chi connectivity index (χ1v) is 4.90. The molecule has 0 unspecified atom stereocenters. The summed E-state index contributed by atoms with van der Waals surface area (Å²) >= 11 is 0. The topological polar surface area (TPSA) is 18.8 Å². The van der Waals surface area contributed by atoms with Gasteiger partial charge in [0.05, 0.1) is 19.4 Å². The third kappa shape index (κ3) is 2.48. The van der Waals surface area contributed by atoms with Gasteiger partial charge in [-0.1, -0.05) is 20.3 Å². The molecule has 0 aromatic carbocycles. The fraction of sp³-hybridized carbons (Fsp3) is 0.889. The van der Waals surface area contributed by atoms with Crippen LogP contribution in [0, 0.1) is 0 Å². The molecule has 1 aliphatic rings. The number of hydrogen-bond acceptors (Lipinski definition) is 3. The van der Waals surface area contributed by atoms with Crippen LogP contribution >= 0.6 is 0 Å². The lowest BCUT2D eigenvalue weighted by Crippen LogP contribution is -2.41.